The van der Waals surface area contributed by atoms with Crippen molar-refractivity contribution in [1.82, 2.24) is 9.38 Å². The zero-order valence-corrected chi connectivity index (χ0v) is 14.3. The number of rotatable bonds is 1. The first-order valence-electron chi connectivity index (χ1n) is 9.16. The van der Waals surface area contributed by atoms with Crippen molar-refractivity contribution in [2.75, 3.05) is 18.0 Å². The molecule has 2 aromatic heterocycles. The molecule has 1 aliphatic rings. The van der Waals surface area contributed by atoms with Gasteiger partial charge in [-0.15, -0.1) is 0 Å². The van der Waals surface area contributed by atoms with Gasteiger partial charge < -0.3 is 4.90 Å². The topological polar surface area (TPSA) is 37.6 Å². The van der Waals surface area contributed by atoms with Gasteiger partial charge in [0, 0.05) is 40.3 Å². The van der Waals surface area contributed by atoms with Crippen molar-refractivity contribution in [3.05, 3.63) is 65.0 Å². The van der Waals surface area contributed by atoms with Gasteiger partial charge in [0.25, 0.3) is 5.56 Å². The normalized spacial score (nSPS) is 15.2. The summed E-state index contributed by atoms with van der Waals surface area (Å²) >= 11 is 0. The van der Waals surface area contributed by atoms with Crippen LogP contribution in [0.2, 0.25) is 0 Å². The molecule has 1 aliphatic heterocycles. The van der Waals surface area contributed by atoms with Crippen molar-refractivity contribution < 1.29 is 0 Å². The molecule has 0 saturated carbocycles. The third kappa shape index (κ3) is 1.69. The standard InChI is InChI=1S/C22H17N3O/c26-22-16-7-5-6-14-18(24-12-3-4-13-24)11-10-15(20(14)16)21-23-17-8-1-2-9-19(17)25(21)22/h1-2,5-11H,3-4,12-13H2. The van der Waals surface area contributed by atoms with Gasteiger partial charge in [0.05, 0.1) is 11.0 Å². The monoisotopic (exact) mass is 339 g/mol. The van der Waals surface area contributed by atoms with Crippen LogP contribution in [-0.2, 0) is 0 Å². The number of pyridine rings is 1. The van der Waals surface area contributed by atoms with Crippen LogP contribution in [0.25, 0.3) is 38.2 Å². The fourth-order valence-electron chi connectivity index (χ4n) is 4.52. The van der Waals surface area contributed by atoms with E-state index < -0.39 is 0 Å². The van der Waals surface area contributed by atoms with Crippen LogP contribution in [0.3, 0.4) is 0 Å². The highest BCUT2D eigenvalue weighted by atomic mass is 16.1. The summed E-state index contributed by atoms with van der Waals surface area (Å²) in [7, 11) is 0. The molecule has 1 saturated heterocycles. The molecule has 0 amide bonds. The van der Waals surface area contributed by atoms with Crippen LogP contribution in [0.15, 0.2) is 59.4 Å². The lowest BCUT2D eigenvalue weighted by atomic mass is 10.0. The lowest BCUT2D eigenvalue weighted by Gasteiger charge is -2.21. The summed E-state index contributed by atoms with van der Waals surface area (Å²) in [6.07, 6.45) is 2.47. The molecule has 4 nitrogen and oxygen atoms in total. The SMILES string of the molecule is O=c1c2cccc3c(N4CCCC4)ccc(c32)c2nc3ccccc3n12. The van der Waals surface area contributed by atoms with Crippen molar-refractivity contribution in [2.45, 2.75) is 12.8 Å². The molecule has 4 heteroatoms. The predicted molar refractivity (Wildman–Crippen MR) is 107 cm³/mol. The molecule has 0 bridgehead atoms. The second kappa shape index (κ2) is 4.94. The quantitative estimate of drug-likeness (QED) is 0.459. The summed E-state index contributed by atoms with van der Waals surface area (Å²) in [6.45, 7) is 2.18. The van der Waals surface area contributed by atoms with Crippen LogP contribution in [0.1, 0.15) is 12.8 Å². The van der Waals surface area contributed by atoms with E-state index in [1.54, 1.807) is 4.40 Å². The average molecular weight is 339 g/mol. The molecular weight excluding hydrogens is 322 g/mol. The maximum Gasteiger partial charge on any atom is 0.264 e. The first-order valence-corrected chi connectivity index (χ1v) is 9.16. The zero-order valence-electron chi connectivity index (χ0n) is 14.3. The Labute approximate surface area is 149 Å². The summed E-state index contributed by atoms with van der Waals surface area (Å²) < 4.78 is 1.77. The second-order valence-electron chi connectivity index (χ2n) is 7.12. The van der Waals surface area contributed by atoms with Gasteiger partial charge in [-0.25, -0.2) is 4.98 Å². The van der Waals surface area contributed by atoms with E-state index >= 15 is 0 Å². The number of hydrogen-bond donors (Lipinski definition) is 0. The van der Waals surface area contributed by atoms with Crippen LogP contribution < -0.4 is 10.5 Å². The Morgan fingerprint density at radius 2 is 1.62 bits per heavy atom. The van der Waals surface area contributed by atoms with Crippen molar-refractivity contribution in [1.29, 1.82) is 0 Å². The molecule has 0 radical (unpaired) electrons. The van der Waals surface area contributed by atoms with Crippen molar-refractivity contribution in [2.24, 2.45) is 0 Å². The van der Waals surface area contributed by atoms with Gasteiger partial charge in [-0.1, -0.05) is 24.3 Å². The number of fused-ring (bicyclic) bond motifs is 4. The summed E-state index contributed by atoms with van der Waals surface area (Å²) in [5.41, 5.74) is 3.75. The summed E-state index contributed by atoms with van der Waals surface area (Å²) in [6, 6.07) is 18.3. The highest BCUT2D eigenvalue weighted by Gasteiger charge is 2.20. The lowest BCUT2D eigenvalue weighted by molar-refractivity contribution is 0.949. The molecule has 126 valence electrons. The van der Waals surface area contributed by atoms with Crippen LogP contribution in [0.5, 0.6) is 0 Å². The Kier molecular flexibility index (Phi) is 2.68. The minimum absolute atomic E-state index is 0.0189. The van der Waals surface area contributed by atoms with Gasteiger partial charge in [0.15, 0.2) is 0 Å². The number of benzene rings is 3. The van der Waals surface area contributed by atoms with Crippen LogP contribution in [0, 0.1) is 0 Å². The number of anilines is 1. The van der Waals surface area contributed by atoms with Crippen LogP contribution in [0.4, 0.5) is 5.69 Å². The molecule has 6 rings (SSSR count). The van der Waals surface area contributed by atoms with E-state index in [4.69, 9.17) is 4.98 Å². The summed E-state index contributed by atoms with van der Waals surface area (Å²) in [5.74, 6) is 0. The predicted octanol–water partition coefficient (Wildman–Crippen LogP) is 4.19. The van der Waals surface area contributed by atoms with Crippen LogP contribution >= 0.6 is 0 Å². The smallest absolute Gasteiger partial charge is 0.264 e. The minimum atomic E-state index is 0.0189. The minimum Gasteiger partial charge on any atom is -0.371 e. The fraction of sp³-hybridized carbons (Fsp3) is 0.182. The lowest BCUT2D eigenvalue weighted by Crippen LogP contribution is -2.18. The first-order chi connectivity index (χ1) is 12.8. The number of para-hydroxylation sites is 2. The number of imidazole rings is 1. The van der Waals surface area contributed by atoms with Gasteiger partial charge in [0.2, 0.25) is 0 Å². The maximum absolute atomic E-state index is 13.3. The number of aromatic nitrogens is 2. The highest BCUT2D eigenvalue weighted by molar-refractivity contribution is 6.18. The molecule has 0 aliphatic carbocycles. The van der Waals surface area contributed by atoms with Gasteiger partial charge in [-0.2, -0.15) is 0 Å². The van der Waals surface area contributed by atoms with Crippen LogP contribution in [-0.4, -0.2) is 22.5 Å². The largest absolute Gasteiger partial charge is 0.371 e. The molecule has 1 fully saturated rings. The summed E-state index contributed by atoms with van der Waals surface area (Å²) in [5, 5.41) is 4.03. The van der Waals surface area contributed by atoms with E-state index in [1.165, 1.54) is 18.5 Å². The summed E-state index contributed by atoms with van der Waals surface area (Å²) in [4.78, 5) is 20.5. The zero-order chi connectivity index (χ0) is 17.3. The third-order valence-corrected chi connectivity index (χ3v) is 5.70. The van der Waals surface area contributed by atoms with Gasteiger partial charge in [-0.05, 0) is 43.2 Å². The van der Waals surface area contributed by atoms with Crippen molar-refractivity contribution in [3.63, 3.8) is 0 Å². The molecule has 0 N–H and O–H groups in total. The Morgan fingerprint density at radius 1 is 0.808 bits per heavy atom. The van der Waals surface area contributed by atoms with E-state index in [9.17, 15) is 4.79 Å². The van der Waals surface area contributed by atoms with Crippen molar-refractivity contribution >= 4 is 43.9 Å². The molecule has 0 spiro atoms. The Hall–Kier alpha value is -3.14. The van der Waals surface area contributed by atoms with Gasteiger partial charge in [-0.3, -0.25) is 9.20 Å². The maximum atomic E-state index is 13.3. The molecular formula is C22H17N3O. The molecule has 5 aromatic rings. The Balaban J connectivity index is 1.85. The Bertz CT molecular complexity index is 1360. The van der Waals surface area contributed by atoms with E-state index in [0.717, 1.165) is 51.3 Å². The van der Waals surface area contributed by atoms with E-state index in [2.05, 4.69) is 23.1 Å². The number of hydrogen-bond acceptors (Lipinski definition) is 3. The van der Waals surface area contributed by atoms with Crippen molar-refractivity contribution in [3.8, 4) is 0 Å². The van der Waals surface area contributed by atoms with E-state index in [-0.39, 0.29) is 5.56 Å². The van der Waals surface area contributed by atoms with Gasteiger partial charge in [0.1, 0.15) is 5.65 Å². The Morgan fingerprint density at radius 3 is 2.50 bits per heavy atom. The van der Waals surface area contributed by atoms with E-state index in [0.29, 0.717) is 0 Å². The molecule has 0 atom stereocenters. The molecule has 26 heavy (non-hydrogen) atoms. The molecule has 3 aromatic carbocycles. The fourth-order valence-corrected chi connectivity index (χ4v) is 4.52. The third-order valence-electron chi connectivity index (χ3n) is 5.70. The van der Waals surface area contributed by atoms with Gasteiger partial charge >= 0.3 is 0 Å². The molecule has 0 unspecified atom stereocenters. The highest BCUT2D eigenvalue weighted by Crippen LogP contribution is 2.36. The average Bonchev–Trinajstić information content (AvgIpc) is 3.33. The first kappa shape index (κ1) is 14.1. The number of nitrogens with zero attached hydrogens (tertiary/aromatic N) is 3. The molecule has 3 heterocycles. The second-order valence-corrected chi connectivity index (χ2v) is 7.12. The van der Waals surface area contributed by atoms with E-state index in [1.807, 2.05) is 36.4 Å².